The minimum absolute atomic E-state index is 0.192. The molecule has 0 bridgehead atoms. The minimum Gasteiger partial charge on any atom is -0.487 e. The summed E-state index contributed by atoms with van der Waals surface area (Å²) in [4.78, 5) is 0. The monoisotopic (exact) mass is 263 g/mol. The molecule has 2 rings (SSSR count). The second-order valence-corrected chi connectivity index (χ2v) is 5.70. The molecule has 1 heterocycles. The molecule has 0 aliphatic carbocycles. The van der Waals surface area contributed by atoms with Crippen molar-refractivity contribution in [1.82, 2.24) is 0 Å². The van der Waals surface area contributed by atoms with Crippen LogP contribution >= 0.6 is 0 Å². The Morgan fingerprint density at radius 2 is 2.05 bits per heavy atom. The summed E-state index contributed by atoms with van der Waals surface area (Å²) in [6.07, 6.45) is 3.28. The number of hydrogen-bond donors (Lipinski definition) is 1. The highest BCUT2D eigenvalue weighted by atomic mass is 16.5. The van der Waals surface area contributed by atoms with Crippen molar-refractivity contribution in [2.45, 2.75) is 52.2 Å². The summed E-state index contributed by atoms with van der Waals surface area (Å²) in [6.45, 7) is 7.83. The van der Waals surface area contributed by atoms with Crippen LogP contribution < -0.4 is 10.5 Å². The lowest BCUT2D eigenvalue weighted by Gasteiger charge is -2.25. The van der Waals surface area contributed by atoms with E-state index >= 15 is 0 Å². The van der Waals surface area contributed by atoms with Crippen molar-refractivity contribution >= 4 is 0 Å². The van der Waals surface area contributed by atoms with Gasteiger partial charge in [0.2, 0.25) is 0 Å². The highest BCUT2D eigenvalue weighted by Gasteiger charge is 2.17. The minimum atomic E-state index is 0.192. The first-order chi connectivity index (χ1) is 9.06. The highest BCUT2D eigenvalue weighted by molar-refractivity contribution is 5.43. The Labute approximate surface area is 116 Å². The van der Waals surface area contributed by atoms with Gasteiger partial charge in [-0.1, -0.05) is 12.1 Å². The van der Waals surface area contributed by atoms with Crippen LogP contribution in [0.1, 0.15) is 36.5 Å². The van der Waals surface area contributed by atoms with E-state index in [9.17, 15) is 0 Å². The molecule has 1 fully saturated rings. The van der Waals surface area contributed by atoms with E-state index in [1.165, 1.54) is 16.7 Å². The molecule has 1 saturated heterocycles. The molecule has 1 aliphatic heterocycles. The number of rotatable bonds is 4. The fraction of sp³-hybridized carbons (Fsp3) is 0.625. The Morgan fingerprint density at radius 1 is 1.37 bits per heavy atom. The normalized spacial score (nSPS) is 21.2. The molecular weight excluding hydrogens is 238 g/mol. The van der Waals surface area contributed by atoms with Gasteiger partial charge in [-0.25, -0.2) is 0 Å². The number of benzene rings is 1. The molecule has 0 amide bonds. The summed E-state index contributed by atoms with van der Waals surface area (Å²) < 4.78 is 11.6. The third-order valence-corrected chi connectivity index (χ3v) is 3.48. The van der Waals surface area contributed by atoms with Crippen molar-refractivity contribution in [1.29, 1.82) is 0 Å². The van der Waals surface area contributed by atoms with Crippen molar-refractivity contribution in [2.75, 3.05) is 13.2 Å². The third-order valence-electron chi connectivity index (χ3n) is 3.48. The van der Waals surface area contributed by atoms with E-state index in [0.717, 1.165) is 31.6 Å². The topological polar surface area (TPSA) is 44.5 Å². The van der Waals surface area contributed by atoms with Crippen LogP contribution in [0.4, 0.5) is 0 Å². The fourth-order valence-electron chi connectivity index (χ4n) is 2.69. The van der Waals surface area contributed by atoms with Crippen LogP contribution in [0.15, 0.2) is 12.1 Å². The second-order valence-electron chi connectivity index (χ2n) is 5.70. The largest absolute Gasteiger partial charge is 0.487 e. The van der Waals surface area contributed by atoms with E-state index in [0.29, 0.717) is 6.61 Å². The molecule has 2 atom stereocenters. The first-order valence-corrected chi connectivity index (χ1v) is 7.16. The lowest BCUT2D eigenvalue weighted by molar-refractivity contribution is 0.00687. The van der Waals surface area contributed by atoms with Crippen LogP contribution in [0.3, 0.4) is 0 Å². The Hall–Kier alpha value is -1.06. The summed E-state index contributed by atoms with van der Waals surface area (Å²) in [7, 11) is 0. The van der Waals surface area contributed by atoms with Crippen LogP contribution in [0.5, 0.6) is 5.75 Å². The van der Waals surface area contributed by atoms with Crippen LogP contribution in [-0.2, 0) is 11.2 Å². The van der Waals surface area contributed by atoms with E-state index in [1.54, 1.807) is 0 Å². The standard InChI is InChI=1S/C16H25NO2/c1-11-7-14(9-13(3)17)8-12(2)16(11)19-15-5-4-6-18-10-15/h7-8,13,15H,4-6,9-10,17H2,1-3H3. The van der Waals surface area contributed by atoms with E-state index in [4.69, 9.17) is 15.2 Å². The quantitative estimate of drug-likeness (QED) is 0.908. The Morgan fingerprint density at radius 3 is 2.58 bits per heavy atom. The average molecular weight is 263 g/mol. The zero-order chi connectivity index (χ0) is 13.8. The molecule has 3 nitrogen and oxygen atoms in total. The van der Waals surface area contributed by atoms with Gasteiger partial charge in [-0.05, 0) is 56.7 Å². The van der Waals surface area contributed by atoms with Crippen molar-refractivity contribution in [3.8, 4) is 5.75 Å². The zero-order valence-electron chi connectivity index (χ0n) is 12.2. The van der Waals surface area contributed by atoms with Crippen LogP contribution in [-0.4, -0.2) is 25.4 Å². The molecule has 1 aromatic carbocycles. The lowest BCUT2D eigenvalue weighted by Crippen LogP contribution is -2.28. The van der Waals surface area contributed by atoms with Gasteiger partial charge in [-0.2, -0.15) is 0 Å². The molecule has 2 unspecified atom stereocenters. The van der Waals surface area contributed by atoms with Gasteiger partial charge in [0.15, 0.2) is 0 Å². The van der Waals surface area contributed by atoms with Crippen molar-refractivity contribution < 1.29 is 9.47 Å². The summed E-state index contributed by atoms with van der Waals surface area (Å²) in [5, 5.41) is 0. The molecule has 1 aromatic rings. The summed E-state index contributed by atoms with van der Waals surface area (Å²) >= 11 is 0. The number of nitrogens with two attached hydrogens (primary N) is 1. The van der Waals surface area contributed by atoms with Gasteiger partial charge in [0.05, 0.1) is 6.61 Å². The van der Waals surface area contributed by atoms with Crippen LogP contribution in [0.25, 0.3) is 0 Å². The molecule has 106 valence electrons. The predicted molar refractivity (Wildman–Crippen MR) is 77.7 cm³/mol. The Balaban J connectivity index is 2.11. The van der Waals surface area contributed by atoms with Crippen molar-refractivity contribution in [3.63, 3.8) is 0 Å². The maximum Gasteiger partial charge on any atom is 0.125 e. The van der Waals surface area contributed by atoms with Gasteiger partial charge in [-0.3, -0.25) is 0 Å². The molecule has 19 heavy (non-hydrogen) atoms. The van der Waals surface area contributed by atoms with E-state index in [2.05, 4.69) is 26.0 Å². The third kappa shape index (κ3) is 3.95. The number of aryl methyl sites for hydroxylation is 2. The molecule has 1 aliphatic rings. The van der Waals surface area contributed by atoms with E-state index in [1.807, 2.05) is 6.92 Å². The predicted octanol–water partition coefficient (Wildman–Crippen LogP) is 2.75. The Bertz CT molecular complexity index is 400. The van der Waals surface area contributed by atoms with Gasteiger partial charge in [-0.15, -0.1) is 0 Å². The molecule has 0 saturated carbocycles. The maximum absolute atomic E-state index is 6.12. The molecule has 3 heteroatoms. The summed E-state index contributed by atoms with van der Waals surface area (Å²) in [5.41, 5.74) is 9.54. The first-order valence-electron chi connectivity index (χ1n) is 7.16. The first kappa shape index (κ1) is 14.4. The van der Waals surface area contributed by atoms with Crippen LogP contribution in [0.2, 0.25) is 0 Å². The second kappa shape index (κ2) is 6.40. The zero-order valence-corrected chi connectivity index (χ0v) is 12.2. The van der Waals surface area contributed by atoms with Gasteiger partial charge in [0, 0.05) is 12.6 Å². The molecule has 0 spiro atoms. The van der Waals surface area contributed by atoms with Gasteiger partial charge in [0.25, 0.3) is 0 Å². The van der Waals surface area contributed by atoms with Gasteiger partial charge in [0.1, 0.15) is 11.9 Å². The van der Waals surface area contributed by atoms with E-state index < -0.39 is 0 Å². The fourth-order valence-corrected chi connectivity index (χ4v) is 2.69. The van der Waals surface area contributed by atoms with Crippen LogP contribution in [0, 0.1) is 13.8 Å². The number of ether oxygens (including phenoxy) is 2. The molecule has 0 aromatic heterocycles. The maximum atomic E-state index is 6.12. The lowest BCUT2D eigenvalue weighted by atomic mass is 10.0. The average Bonchev–Trinajstić information content (AvgIpc) is 2.34. The SMILES string of the molecule is Cc1cc(CC(C)N)cc(C)c1OC1CCCOC1. The Kier molecular flexibility index (Phi) is 4.83. The summed E-state index contributed by atoms with van der Waals surface area (Å²) in [6, 6.07) is 4.57. The van der Waals surface area contributed by atoms with Crippen molar-refractivity contribution in [2.24, 2.45) is 5.73 Å². The van der Waals surface area contributed by atoms with Crippen molar-refractivity contribution in [3.05, 3.63) is 28.8 Å². The van der Waals surface area contributed by atoms with Gasteiger partial charge < -0.3 is 15.2 Å². The highest BCUT2D eigenvalue weighted by Crippen LogP contribution is 2.27. The van der Waals surface area contributed by atoms with E-state index in [-0.39, 0.29) is 12.1 Å². The summed E-state index contributed by atoms with van der Waals surface area (Å²) in [5.74, 6) is 1.02. The smallest absolute Gasteiger partial charge is 0.125 e. The van der Waals surface area contributed by atoms with Gasteiger partial charge >= 0.3 is 0 Å². The molecule has 2 N–H and O–H groups in total. The molecule has 0 radical (unpaired) electrons. The number of hydrogen-bond acceptors (Lipinski definition) is 3. The molecular formula is C16H25NO2.